The van der Waals surface area contributed by atoms with E-state index in [-0.39, 0.29) is 18.3 Å². The maximum atomic E-state index is 12.9. The van der Waals surface area contributed by atoms with Crippen molar-refractivity contribution in [2.45, 2.75) is 40.0 Å². The second-order valence-corrected chi connectivity index (χ2v) is 7.51. The number of benzene rings is 1. The van der Waals surface area contributed by atoms with Gasteiger partial charge in [-0.05, 0) is 62.4 Å². The molecule has 1 aliphatic rings. The second-order valence-electron chi connectivity index (χ2n) is 7.51. The van der Waals surface area contributed by atoms with Gasteiger partial charge in [-0.15, -0.1) is 12.4 Å². The molecule has 2 aromatic rings. The van der Waals surface area contributed by atoms with Crippen LogP contribution in [0.25, 0.3) is 5.69 Å². The molecule has 0 spiro atoms. The quantitative estimate of drug-likeness (QED) is 0.876. The molecule has 3 rings (SSSR count). The van der Waals surface area contributed by atoms with E-state index in [2.05, 4.69) is 49.6 Å². The highest BCUT2D eigenvalue weighted by Crippen LogP contribution is 2.25. The van der Waals surface area contributed by atoms with Gasteiger partial charge in [0.25, 0.3) is 5.91 Å². The molecule has 1 saturated heterocycles. The van der Waals surface area contributed by atoms with Crippen LogP contribution in [0.15, 0.2) is 30.3 Å². The Labute approximate surface area is 162 Å². The molecule has 0 aliphatic carbocycles. The Morgan fingerprint density at radius 1 is 1.23 bits per heavy atom. The van der Waals surface area contributed by atoms with Crippen molar-refractivity contribution in [1.29, 1.82) is 0 Å². The highest BCUT2D eigenvalue weighted by atomic mass is 35.5. The fraction of sp³-hybridized carbons (Fsp3) is 0.476. The molecule has 0 radical (unpaired) electrons. The Morgan fingerprint density at radius 3 is 2.42 bits per heavy atom. The summed E-state index contributed by atoms with van der Waals surface area (Å²) in [5.41, 5.74) is 11.1. The topological polar surface area (TPSA) is 51.3 Å². The molecule has 2 N–H and O–H groups in total. The smallest absolute Gasteiger partial charge is 0.255 e. The fourth-order valence-corrected chi connectivity index (χ4v) is 3.76. The first-order valence-electron chi connectivity index (χ1n) is 9.21. The molecule has 142 valence electrons. The number of nitrogens with zero attached hydrogens (tertiary/aromatic N) is 2. The van der Waals surface area contributed by atoms with E-state index in [0.717, 1.165) is 42.1 Å². The molecule has 1 aliphatic heterocycles. The molecule has 1 aromatic heterocycles. The highest BCUT2D eigenvalue weighted by Gasteiger charge is 2.28. The summed E-state index contributed by atoms with van der Waals surface area (Å²) in [6.45, 7) is 10.7. The van der Waals surface area contributed by atoms with Crippen molar-refractivity contribution in [3.05, 3.63) is 52.8 Å². The summed E-state index contributed by atoms with van der Waals surface area (Å²) in [6.07, 6.45) is 1.01. The summed E-state index contributed by atoms with van der Waals surface area (Å²) < 4.78 is 2.17. The van der Waals surface area contributed by atoms with E-state index in [1.165, 1.54) is 5.56 Å². The van der Waals surface area contributed by atoms with Gasteiger partial charge in [-0.1, -0.05) is 26.0 Å². The first-order chi connectivity index (χ1) is 11.9. The zero-order valence-electron chi connectivity index (χ0n) is 16.2. The Balaban J connectivity index is 0.00000243. The van der Waals surface area contributed by atoms with Crippen LogP contribution in [-0.2, 0) is 0 Å². The molecular weight excluding hydrogens is 346 g/mol. The van der Waals surface area contributed by atoms with Crippen LogP contribution in [0, 0.1) is 19.8 Å². The zero-order valence-corrected chi connectivity index (χ0v) is 17.0. The lowest BCUT2D eigenvalue weighted by atomic mass is 10.0. The van der Waals surface area contributed by atoms with Gasteiger partial charge >= 0.3 is 0 Å². The molecule has 1 unspecified atom stereocenters. The minimum Gasteiger partial charge on any atom is -0.338 e. The predicted molar refractivity (Wildman–Crippen MR) is 110 cm³/mol. The summed E-state index contributed by atoms with van der Waals surface area (Å²) in [7, 11) is 0. The van der Waals surface area contributed by atoms with Crippen LogP contribution in [0.2, 0.25) is 0 Å². The average molecular weight is 376 g/mol. The number of likely N-dealkylation sites (tertiary alicyclic amines) is 1. The molecule has 1 atom stereocenters. The lowest BCUT2D eigenvalue weighted by Gasteiger charge is -2.17. The number of hydrogen-bond donors (Lipinski definition) is 1. The fourth-order valence-electron chi connectivity index (χ4n) is 3.76. The number of aromatic nitrogens is 1. The number of hydrogen-bond acceptors (Lipinski definition) is 2. The number of rotatable bonds is 4. The third-order valence-electron chi connectivity index (χ3n) is 5.39. The third kappa shape index (κ3) is 3.81. The first-order valence-corrected chi connectivity index (χ1v) is 9.21. The van der Waals surface area contributed by atoms with Gasteiger partial charge in [-0.3, -0.25) is 4.79 Å². The lowest BCUT2D eigenvalue weighted by Crippen LogP contribution is -2.30. The summed E-state index contributed by atoms with van der Waals surface area (Å²) in [6, 6.07) is 10.6. The average Bonchev–Trinajstić information content (AvgIpc) is 3.19. The van der Waals surface area contributed by atoms with Gasteiger partial charge < -0.3 is 15.2 Å². The SMILES string of the molecule is Cc1cc(C(=O)N2CCC(CN)C2)c(C)n1-c1ccc(C(C)C)cc1.Cl. The van der Waals surface area contributed by atoms with E-state index in [1.807, 2.05) is 17.9 Å². The van der Waals surface area contributed by atoms with Crippen molar-refractivity contribution >= 4 is 18.3 Å². The largest absolute Gasteiger partial charge is 0.338 e. The Bertz CT molecular complexity index is 764. The molecule has 26 heavy (non-hydrogen) atoms. The van der Waals surface area contributed by atoms with Crippen LogP contribution < -0.4 is 5.73 Å². The van der Waals surface area contributed by atoms with Crippen molar-refractivity contribution in [1.82, 2.24) is 9.47 Å². The van der Waals surface area contributed by atoms with Gasteiger partial charge in [0.15, 0.2) is 0 Å². The van der Waals surface area contributed by atoms with E-state index in [9.17, 15) is 4.79 Å². The third-order valence-corrected chi connectivity index (χ3v) is 5.39. The number of halogens is 1. The van der Waals surface area contributed by atoms with Crippen LogP contribution in [-0.4, -0.2) is 35.0 Å². The van der Waals surface area contributed by atoms with Crippen molar-refractivity contribution in [2.75, 3.05) is 19.6 Å². The van der Waals surface area contributed by atoms with Gasteiger partial charge in [-0.25, -0.2) is 0 Å². The number of carbonyl (C=O) groups excluding carboxylic acids is 1. The Morgan fingerprint density at radius 2 is 1.88 bits per heavy atom. The Hall–Kier alpha value is -1.78. The van der Waals surface area contributed by atoms with Crippen molar-refractivity contribution in [3.8, 4) is 5.69 Å². The van der Waals surface area contributed by atoms with Crippen LogP contribution in [0.1, 0.15) is 53.5 Å². The zero-order chi connectivity index (χ0) is 18.1. The monoisotopic (exact) mass is 375 g/mol. The van der Waals surface area contributed by atoms with Crippen LogP contribution in [0.3, 0.4) is 0 Å². The number of amides is 1. The first kappa shape index (κ1) is 20.5. The van der Waals surface area contributed by atoms with Crippen LogP contribution in [0.4, 0.5) is 0 Å². The summed E-state index contributed by atoms with van der Waals surface area (Å²) in [4.78, 5) is 14.9. The summed E-state index contributed by atoms with van der Waals surface area (Å²) in [5.74, 6) is 1.09. The molecule has 5 heteroatoms. The van der Waals surface area contributed by atoms with Crippen molar-refractivity contribution in [3.63, 3.8) is 0 Å². The normalized spacial score (nSPS) is 16.8. The molecule has 0 bridgehead atoms. The minimum absolute atomic E-state index is 0. The highest BCUT2D eigenvalue weighted by molar-refractivity contribution is 5.96. The maximum Gasteiger partial charge on any atom is 0.255 e. The second kappa shape index (κ2) is 8.28. The predicted octanol–water partition coefficient (Wildman–Crippen LogP) is 4.06. The lowest BCUT2D eigenvalue weighted by molar-refractivity contribution is 0.0787. The molecule has 2 heterocycles. The molecule has 0 saturated carbocycles. The number of nitrogens with two attached hydrogens (primary N) is 1. The van der Waals surface area contributed by atoms with Gasteiger partial charge in [0.1, 0.15) is 0 Å². The van der Waals surface area contributed by atoms with Gasteiger partial charge in [-0.2, -0.15) is 0 Å². The number of aryl methyl sites for hydroxylation is 1. The van der Waals surface area contributed by atoms with Crippen molar-refractivity contribution < 1.29 is 4.79 Å². The van der Waals surface area contributed by atoms with Crippen molar-refractivity contribution in [2.24, 2.45) is 11.7 Å². The van der Waals surface area contributed by atoms with Crippen LogP contribution in [0.5, 0.6) is 0 Å². The van der Waals surface area contributed by atoms with Crippen LogP contribution >= 0.6 is 12.4 Å². The summed E-state index contributed by atoms with van der Waals surface area (Å²) in [5, 5.41) is 0. The van der Waals surface area contributed by atoms with Gasteiger partial charge in [0.05, 0.1) is 5.56 Å². The van der Waals surface area contributed by atoms with Gasteiger partial charge in [0.2, 0.25) is 0 Å². The molecule has 4 nitrogen and oxygen atoms in total. The van der Waals surface area contributed by atoms with E-state index in [4.69, 9.17) is 5.73 Å². The maximum absolute atomic E-state index is 12.9. The van der Waals surface area contributed by atoms with E-state index >= 15 is 0 Å². The molecule has 1 fully saturated rings. The molecule has 1 amide bonds. The minimum atomic E-state index is 0. The Kier molecular flexibility index (Phi) is 6.53. The van der Waals surface area contributed by atoms with E-state index in [1.54, 1.807) is 0 Å². The van der Waals surface area contributed by atoms with Gasteiger partial charge in [0, 0.05) is 30.2 Å². The van der Waals surface area contributed by atoms with E-state index in [0.29, 0.717) is 18.4 Å². The standard InChI is InChI=1S/C21H29N3O.ClH/c1-14(2)18-5-7-19(8-6-18)24-15(3)11-20(16(24)4)21(25)23-10-9-17(12-22)13-23;/h5-8,11,14,17H,9-10,12-13,22H2,1-4H3;1H. The number of carbonyl (C=O) groups is 1. The molecular formula is C21H30ClN3O. The van der Waals surface area contributed by atoms with E-state index < -0.39 is 0 Å². The molecule has 1 aromatic carbocycles. The summed E-state index contributed by atoms with van der Waals surface area (Å²) >= 11 is 0.